The van der Waals surface area contributed by atoms with E-state index in [9.17, 15) is 14.0 Å². The van der Waals surface area contributed by atoms with Gasteiger partial charge in [0.05, 0.1) is 23.3 Å². The van der Waals surface area contributed by atoms with Gasteiger partial charge in [-0.15, -0.1) is 0 Å². The van der Waals surface area contributed by atoms with Crippen molar-refractivity contribution in [3.63, 3.8) is 0 Å². The Hall–Kier alpha value is -3.81. The highest BCUT2D eigenvalue weighted by Crippen LogP contribution is 2.48. The standard InChI is InChI=1S/C22H18FN5O2/c23-16-5-3-15(4-6-16)22(7-8-22)21(30)25-13-17-10-20(29)28-19(26-17)11-18(27-28)14-2-1-9-24-12-14/h1-6,9-12,27H,7-8,13H2,(H,25,30). The molecule has 0 unspecified atom stereocenters. The van der Waals surface area contributed by atoms with Gasteiger partial charge in [0.1, 0.15) is 5.82 Å². The predicted molar refractivity (Wildman–Crippen MR) is 108 cm³/mol. The number of fused-ring (bicyclic) bond motifs is 1. The van der Waals surface area contributed by atoms with Gasteiger partial charge >= 0.3 is 0 Å². The third kappa shape index (κ3) is 3.16. The average Bonchev–Trinajstić information content (AvgIpc) is 3.46. The minimum atomic E-state index is -0.617. The molecule has 5 rings (SSSR count). The number of amides is 1. The Labute approximate surface area is 170 Å². The van der Waals surface area contributed by atoms with Crippen LogP contribution in [0.4, 0.5) is 4.39 Å². The van der Waals surface area contributed by atoms with Gasteiger partial charge in [-0.25, -0.2) is 13.9 Å². The van der Waals surface area contributed by atoms with E-state index in [1.165, 1.54) is 22.7 Å². The van der Waals surface area contributed by atoms with Gasteiger partial charge in [-0.2, -0.15) is 0 Å². The van der Waals surface area contributed by atoms with Crippen LogP contribution in [-0.4, -0.2) is 25.5 Å². The number of nitrogens with one attached hydrogen (secondary N) is 2. The number of aromatic amines is 1. The maximum atomic E-state index is 13.2. The summed E-state index contributed by atoms with van der Waals surface area (Å²) < 4.78 is 14.6. The van der Waals surface area contributed by atoms with E-state index in [1.807, 2.05) is 12.1 Å². The van der Waals surface area contributed by atoms with Gasteiger partial charge in [-0.3, -0.25) is 19.7 Å². The van der Waals surface area contributed by atoms with Crippen LogP contribution in [0.15, 0.2) is 65.7 Å². The van der Waals surface area contributed by atoms with E-state index >= 15 is 0 Å². The lowest BCUT2D eigenvalue weighted by Gasteiger charge is -2.15. The van der Waals surface area contributed by atoms with Crippen LogP contribution >= 0.6 is 0 Å². The van der Waals surface area contributed by atoms with Crippen LogP contribution in [0.2, 0.25) is 0 Å². The lowest BCUT2D eigenvalue weighted by atomic mass is 9.95. The summed E-state index contributed by atoms with van der Waals surface area (Å²) in [6.07, 6.45) is 4.80. The first-order valence-corrected chi connectivity index (χ1v) is 9.62. The molecule has 8 heteroatoms. The molecule has 2 N–H and O–H groups in total. The van der Waals surface area contributed by atoms with Crippen molar-refractivity contribution in [2.75, 3.05) is 0 Å². The van der Waals surface area contributed by atoms with Crippen LogP contribution < -0.4 is 10.9 Å². The fraction of sp³-hybridized carbons (Fsp3) is 0.182. The first-order chi connectivity index (χ1) is 14.5. The molecule has 0 spiro atoms. The van der Waals surface area contributed by atoms with E-state index in [0.717, 1.165) is 16.8 Å². The van der Waals surface area contributed by atoms with Crippen molar-refractivity contribution in [2.24, 2.45) is 0 Å². The van der Waals surface area contributed by atoms with Crippen LogP contribution in [0.25, 0.3) is 16.9 Å². The van der Waals surface area contributed by atoms with Gasteiger partial charge in [0, 0.05) is 30.1 Å². The van der Waals surface area contributed by atoms with E-state index in [4.69, 9.17) is 0 Å². The minimum Gasteiger partial charge on any atom is -0.350 e. The monoisotopic (exact) mass is 403 g/mol. The fourth-order valence-electron chi connectivity index (χ4n) is 3.68. The molecule has 7 nitrogen and oxygen atoms in total. The summed E-state index contributed by atoms with van der Waals surface area (Å²) in [6.45, 7) is 0.140. The van der Waals surface area contributed by atoms with Gasteiger partial charge in [-0.05, 0) is 42.7 Å². The van der Waals surface area contributed by atoms with E-state index in [0.29, 0.717) is 24.2 Å². The number of rotatable bonds is 5. The van der Waals surface area contributed by atoms with Crippen LogP contribution in [-0.2, 0) is 16.8 Å². The molecule has 1 aromatic carbocycles. The summed E-state index contributed by atoms with van der Waals surface area (Å²) in [5.41, 5.74) is 2.42. The van der Waals surface area contributed by atoms with Gasteiger partial charge in [0.2, 0.25) is 5.91 Å². The van der Waals surface area contributed by atoms with Gasteiger partial charge in [-0.1, -0.05) is 12.1 Å². The molecule has 150 valence electrons. The molecule has 1 saturated carbocycles. The molecule has 0 radical (unpaired) electrons. The van der Waals surface area contributed by atoms with Crippen molar-refractivity contribution in [2.45, 2.75) is 24.8 Å². The summed E-state index contributed by atoms with van der Waals surface area (Å²) in [6, 6.07) is 12.9. The zero-order valence-electron chi connectivity index (χ0n) is 15.9. The molecule has 0 saturated heterocycles. The molecular formula is C22H18FN5O2. The lowest BCUT2D eigenvalue weighted by Crippen LogP contribution is -2.35. The molecule has 3 aromatic heterocycles. The molecule has 4 aromatic rings. The minimum absolute atomic E-state index is 0.138. The Morgan fingerprint density at radius 3 is 2.70 bits per heavy atom. The molecule has 3 heterocycles. The highest BCUT2D eigenvalue weighted by atomic mass is 19.1. The molecule has 0 atom stereocenters. The smallest absolute Gasteiger partial charge is 0.272 e. The third-order valence-corrected chi connectivity index (χ3v) is 5.49. The lowest BCUT2D eigenvalue weighted by molar-refractivity contribution is -0.123. The van der Waals surface area contributed by atoms with E-state index in [1.54, 1.807) is 30.6 Å². The second kappa shape index (κ2) is 6.91. The number of nitrogens with zero attached hydrogens (tertiary/aromatic N) is 3. The largest absolute Gasteiger partial charge is 0.350 e. The zero-order chi connectivity index (χ0) is 20.7. The number of hydrogen-bond acceptors (Lipinski definition) is 4. The second-order valence-electron chi connectivity index (χ2n) is 7.46. The van der Waals surface area contributed by atoms with Crippen molar-refractivity contribution in [3.8, 4) is 11.3 Å². The number of pyridine rings is 1. The number of carbonyl (C=O) groups excluding carboxylic acids is 1. The number of H-pyrrole nitrogens is 1. The summed E-state index contributed by atoms with van der Waals surface area (Å²) in [5, 5.41) is 5.90. The van der Waals surface area contributed by atoms with Crippen LogP contribution in [0.3, 0.4) is 0 Å². The molecule has 0 bridgehead atoms. The Bertz CT molecular complexity index is 1290. The van der Waals surface area contributed by atoms with Crippen LogP contribution in [0, 0.1) is 5.82 Å². The van der Waals surface area contributed by atoms with Crippen molar-refractivity contribution in [1.82, 2.24) is 24.9 Å². The predicted octanol–water partition coefficient (Wildman–Crippen LogP) is 2.57. The summed E-state index contributed by atoms with van der Waals surface area (Å²) in [4.78, 5) is 33.8. The molecule has 1 amide bonds. The van der Waals surface area contributed by atoms with Crippen LogP contribution in [0.1, 0.15) is 24.1 Å². The molecule has 0 aliphatic heterocycles. The zero-order valence-corrected chi connectivity index (χ0v) is 15.9. The van der Waals surface area contributed by atoms with Crippen LogP contribution in [0.5, 0.6) is 0 Å². The third-order valence-electron chi connectivity index (χ3n) is 5.49. The number of aromatic nitrogens is 4. The Balaban J connectivity index is 1.36. The quantitative estimate of drug-likeness (QED) is 0.536. The van der Waals surface area contributed by atoms with Crippen molar-refractivity contribution in [1.29, 1.82) is 0 Å². The van der Waals surface area contributed by atoms with Crippen molar-refractivity contribution >= 4 is 11.6 Å². The molecule has 1 aliphatic carbocycles. The molecular weight excluding hydrogens is 385 g/mol. The SMILES string of the molecule is O=C(NCc1cc(=O)n2[nH]c(-c3cccnc3)cc2n1)C1(c2ccc(F)cc2)CC1. The van der Waals surface area contributed by atoms with E-state index in [-0.39, 0.29) is 23.8 Å². The number of benzene rings is 1. The Morgan fingerprint density at radius 1 is 1.20 bits per heavy atom. The first-order valence-electron chi connectivity index (χ1n) is 9.62. The number of hydrogen-bond donors (Lipinski definition) is 2. The second-order valence-corrected chi connectivity index (χ2v) is 7.46. The summed E-state index contributed by atoms with van der Waals surface area (Å²) in [7, 11) is 0. The van der Waals surface area contributed by atoms with Crippen molar-refractivity contribution < 1.29 is 9.18 Å². The fourth-order valence-corrected chi connectivity index (χ4v) is 3.68. The number of halogens is 1. The maximum Gasteiger partial charge on any atom is 0.272 e. The maximum absolute atomic E-state index is 13.2. The topological polar surface area (TPSA) is 92.2 Å². The number of carbonyl (C=O) groups is 1. The van der Waals surface area contributed by atoms with E-state index in [2.05, 4.69) is 20.4 Å². The molecule has 1 fully saturated rings. The van der Waals surface area contributed by atoms with Crippen molar-refractivity contribution in [3.05, 3.63) is 88.4 Å². The Kier molecular flexibility index (Phi) is 4.20. The van der Waals surface area contributed by atoms with E-state index < -0.39 is 5.41 Å². The highest BCUT2D eigenvalue weighted by molar-refractivity contribution is 5.91. The summed E-state index contributed by atoms with van der Waals surface area (Å²) in [5.74, 6) is -0.466. The van der Waals surface area contributed by atoms with Gasteiger partial charge in [0.15, 0.2) is 5.65 Å². The average molecular weight is 403 g/mol. The normalized spacial score (nSPS) is 14.6. The molecule has 1 aliphatic rings. The van der Waals surface area contributed by atoms with Gasteiger partial charge in [0.25, 0.3) is 5.56 Å². The highest BCUT2D eigenvalue weighted by Gasteiger charge is 2.51. The first kappa shape index (κ1) is 18.2. The summed E-state index contributed by atoms with van der Waals surface area (Å²) >= 11 is 0. The molecule has 30 heavy (non-hydrogen) atoms. The van der Waals surface area contributed by atoms with Gasteiger partial charge < -0.3 is 5.32 Å². The Morgan fingerprint density at radius 2 is 2.00 bits per heavy atom.